The second-order valence-electron chi connectivity index (χ2n) is 6.31. The third-order valence-corrected chi connectivity index (χ3v) is 6.31. The summed E-state index contributed by atoms with van der Waals surface area (Å²) in [5, 5.41) is 2.45. The number of hydrogen-bond donors (Lipinski definition) is 1. The molecular formula is C16H19N3O5S. The lowest BCUT2D eigenvalue weighted by Crippen LogP contribution is -2.37. The van der Waals surface area contributed by atoms with Crippen molar-refractivity contribution < 1.29 is 22.8 Å². The van der Waals surface area contributed by atoms with Crippen molar-refractivity contribution in [2.24, 2.45) is 0 Å². The maximum absolute atomic E-state index is 12.5. The van der Waals surface area contributed by atoms with E-state index in [1.54, 1.807) is 31.3 Å². The number of carbonyl (C=O) groups excluding carboxylic acids is 3. The summed E-state index contributed by atoms with van der Waals surface area (Å²) < 4.78 is 23.1. The van der Waals surface area contributed by atoms with Gasteiger partial charge in [-0.25, -0.2) is 13.2 Å². The van der Waals surface area contributed by atoms with Crippen molar-refractivity contribution in [1.82, 2.24) is 15.1 Å². The fourth-order valence-electron chi connectivity index (χ4n) is 3.00. The summed E-state index contributed by atoms with van der Waals surface area (Å²) in [6, 6.07) is 5.89. The van der Waals surface area contributed by atoms with Gasteiger partial charge in [-0.05, 0) is 24.1 Å². The van der Waals surface area contributed by atoms with Crippen LogP contribution in [0.15, 0.2) is 24.3 Å². The van der Waals surface area contributed by atoms with Gasteiger partial charge in [0.25, 0.3) is 5.91 Å². The molecule has 2 aliphatic heterocycles. The van der Waals surface area contributed by atoms with Crippen LogP contribution in [-0.2, 0) is 21.2 Å². The first-order valence-electron chi connectivity index (χ1n) is 7.91. The Morgan fingerprint density at radius 1 is 1.28 bits per heavy atom. The predicted molar refractivity (Wildman–Crippen MR) is 89.5 cm³/mol. The van der Waals surface area contributed by atoms with E-state index in [9.17, 15) is 22.8 Å². The molecule has 0 unspecified atom stereocenters. The molecule has 8 nitrogen and oxygen atoms in total. The quantitative estimate of drug-likeness (QED) is 0.756. The van der Waals surface area contributed by atoms with Crippen LogP contribution in [0.25, 0.3) is 0 Å². The first-order chi connectivity index (χ1) is 11.8. The van der Waals surface area contributed by atoms with Gasteiger partial charge < -0.3 is 10.2 Å². The second kappa shape index (κ2) is 6.47. The van der Waals surface area contributed by atoms with E-state index in [2.05, 4.69) is 5.32 Å². The van der Waals surface area contributed by atoms with Crippen LogP contribution in [0, 0.1) is 0 Å². The molecular weight excluding hydrogens is 346 g/mol. The van der Waals surface area contributed by atoms with Gasteiger partial charge in [0, 0.05) is 18.7 Å². The lowest BCUT2D eigenvalue weighted by molar-refractivity contribution is -0.125. The van der Waals surface area contributed by atoms with E-state index in [-0.39, 0.29) is 42.5 Å². The molecule has 0 spiro atoms. The molecule has 134 valence electrons. The van der Waals surface area contributed by atoms with Crippen LogP contribution >= 0.6 is 0 Å². The Balaban J connectivity index is 1.66. The number of imide groups is 1. The van der Waals surface area contributed by atoms with Crippen molar-refractivity contribution in [3.05, 3.63) is 35.4 Å². The van der Waals surface area contributed by atoms with Crippen LogP contribution in [0.1, 0.15) is 22.3 Å². The molecule has 9 heteroatoms. The molecule has 3 rings (SSSR count). The monoisotopic (exact) mass is 365 g/mol. The summed E-state index contributed by atoms with van der Waals surface area (Å²) in [6.45, 7) is 0.153. The first kappa shape index (κ1) is 17.4. The summed E-state index contributed by atoms with van der Waals surface area (Å²) in [6.07, 6.45) is 0.453. The van der Waals surface area contributed by atoms with Gasteiger partial charge in [0.2, 0.25) is 5.91 Å². The highest BCUT2D eigenvalue weighted by Gasteiger charge is 2.33. The number of benzene rings is 1. The van der Waals surface area contributed by atoms with Crippen molar-refractivity contribution >= 4 is 27.7 Å². The van der Waals surface area contributed by atoms with E-state index in [4.69, 9.17) is 0 Å². The van der Waals surface area contributed by atoms with Gasteiger partial charge in [-0.1, -0.05) is 12.1 Å². The molecule has 0 saturated carbocycles. The SMILES string of the molecule is CN(C(=O)c1ccc(CN2C(=O)CNC2=O)cc1)[C@@H]1CCS(=O)(=O)C1. The molecule has 1 aromatic rings. The number of hydrogen-bond acceptors (Lipinski definition) is 5. The molecule has 2 saturated heterocycles. The van der Waals surface area contributed by atoms with Crippen LogP contribution in [0.5, 0.6) is 0 Å². The van der Waals surface area contributed by atoms with Gasteiger partial charge in [0.05, 0.1) is 24.6 Å². The molecule has 4 amide bonds. The lowest BCUT2D eigenvalue weighted by atomic mass is 10.1. The number of urea groups is 1. The fraction of sp³-hybridized carbons (Fsp3) is 0.438. The summed E-state index contributed by atoms with van der Waals surface area (Å²) in [7, 11) is -1.45. The van der Waals surface area contributed by atoms with E-state index < -0.39 is 15.9 Å². The van der Waals surface area contributed by atoms with Crippen molar-refractivity contribution in [3.63, 3.8) is 0 Å². The van der Waals surface area contributed by atoms with E-state index >= 15 is 0 Å². The Morgan fingerprint density at radius 3 is 2.48 bits per heavy atom. The lowest BCUT2D eigenvalue weighted by Gasteiger charge is -2.23. The topological polar surface area (TPSA) is 104 Å². The van der Waals surface area contributed by atoms with E-state index in [0.717, 1.165) is 10.5 Å². The third kappa shape index (κ3) is 3.65. The van der Waals surface area contributed by atoms with Gasteiger partial charge in [-0.2, -0.15) is 0 Å². The number of rotatable bonds is 4. The molecule has 25 heavy (non-hydrogen) atoms. The van der Waals surface area contributed by atoms with Crippen LogP contribution in [-0.4, -0.2) is 67.2 Å². The van der Waals surface area contributed by atoms with Gasteiger partial charge in [0.1, 0.15) is 0 Å². The number of sulfone groups is 1. The molecule has 2 aliphatic rings. The van der Waals surface area contributed by atoms with Gasteiger partial charge in [-0.15, -0.1) is 0 Å². The minimum Gasteiger partial charge on any atom is -0.338 e. The molecule has 1 aromatic carbocycles. The summed E-state index contributed by atoms with van der Waals surface area (Å²) in [5.74, 6) is -0.421. The highest BCUT2D eigenvalue weighted by molar-refractivity contribution is 7.91. The zero-order chi connectivity index (χ0) is 18.2. The molecule has 0 radical (unpaired) electrons. The van der Waals surface area contributed by atoms with Crippen LogP contribution < -0.4 is 5.32 Å². The smallest absolute Gasteiger partial charge is 0.324 e. The van der Waals surface area contributed by atoms with E-state index in [1.165, 1.54) is 4.90 Å². The Kier molecular flexibility index (Phi) is 4.51. The van der Waals surface area contributed by atoms with Crippen molar-refractivity contribution in [3.8, 4) is 0 Å². The molecule has 0 aliphatic carbocycles. The first-order valence-corrected chi connectivity index (χ1v) is 9.74. The third-order valence-electron chi connectivity index (χ3n) is 4.56. The minimum absolute atomic E-state index is 0.000489. The van der Waals surface area contributed by atoms with Gasteiger partial charge in [0.15, 0.2) is 9.84 Å². The molecule has 0 bridgehead atoms. The van der Waals surface area contributed by atoms with E-state index in [1.807, 2.05) is 0 Å². The van der Waals surface area contributed by atoms with Crippen molar-refractivity contribution in [2.75, 3.05) is 25.1 Å². The molecule has 0 aromatic heterocycles. The minimum atomic E-state index is -3.06. The molecule has 1 atom stereocenters. The number of nitrogens with one attached hydrogen (secondary N) is 1. The normalized spacial score (nSPS) is 22.1. The standard InChI is InChI=1S/C16H19N3O5S/c1-18(13-6-7-25(23,24)10-13)15(21)12-4-2-11(3-5-12)9-19-14(20)8-17-16(19)22/h2-5,13H,6-10H2,1H3,(H,17,22)/t13-/m1/s1. The highest BCUT2D eigenvalue weighted by Crippen LogP contribution is 2.19. The largest absolute Gasteiger partial charge is 0.338 e. The Hall–Kier alpha value is -2.42. The molecule has 2 heterocycles. The maximum Gasteiger partial charge on any atom is 0.324 e. The molecule has 1 N–H and O–H groups in total. The average Bonchev–Trinajstić information content (AvgIpc) is 3.10. The zero-order valence-corrected chi connectivity index (χ0v) is 14.6. The van der Waals surface area contributed by atoms with Crippen LogP contribution in [0.4, 0.5) is 4.79 Å². The van der Waals surface area contributed by atoms with Crippen LogP contribution in [0.2, 0.25) is 0 Å². The maximum atomic E-state index is 12.5. The zero-order valence-electron chi connectivity index (χ0n) is 13.8. The average molecular weight is 365 g/mol. The summed E-state index contributed by atoms with van der Waals surface area (Å²) in [4.78, 5) is 38.2. The number of carbonyl (C=O) groups is 3. The predicted octanol–water partition coefficient (Wildman–Crippen LogP) is -0.00250. The summed E-state index contributed by atoms with van der Waals surface area (Å²) >= 11 is 0. The second-order valence-corrected chi connectivity index (χ2v) is 8.54. The Labute approximate surface area is 145 Å². The van der Waals surface area contributed by atoms with Gasteiger partial charge in [-0.3, -0.25) is 14.5 Å². The summed E-state index contributed by atoms with van der Waals surface area (Å²) in [5.41, 5.74) is 1.17. The number of nitrogens with zero attached hydrogens (tertiary/aromatic N) is 2. The fourth-order valence-corrected chi connectivity index (χ4v) is 4.78. The Bertz CT molecular complexity index is 803. The highest BCUT2D eigenvalue weighted by atomic mass is 32.2. The van der Waals surface area contributed by atoms with E-state index in [0.29, 0.717) is 12.0 Å². The molecule has 2 fully saturated rings. The Morgan fingerprint density at radius 2 is 1.96 bits per heavy atom. The van der Waals surface area contributed by atoms with Crippen molar-refractivity contribution in [2.45, 2.75) is 19.0 Å². The van der Waals surface area contributed by atoms with Crippen molar-refractivity contribution in [1.29, 1.82) is 0 Å². The number of amides is 4. The van der Waals surface area contributed by atoms with Crippen LogP contribution in [0.3, 0.4) is 0 Å². The van der Waals surface area contributed by atoms with Gasteiger partial charge >= 0.3 is 6.03 Å².